The second-order valence-electron chi connectivity index (χ2n) is 12.2. The average Bonchev–Trinajstić information content (AvgIpc) is 3.80. The highest BCUT2D eigenvalue weighted by atomic mass is 32.2. The van der Waals surface area contributed by atoms with Gasteiger partial charge in [-0.05, 0) is 79.2 Å². The monoisotopic (exact) mass is 787 g/mol. The Bertz CT molecular complexity index is 2270. The number of benzene rings is 3. The summed E-state index contributed by atoms with van der Waals surface area (Å²) in [5.41, 5.74) is 3.04. The van der Waals surface area contributed by atoms with Gasteiger partial charge in [0.05, 0.1) is 26.6 Å². The first kappa shape index (κ1) is 39.4. The lowest BCUT2D eigenvalue weighted by Crippen LogP contribution is -2.36. The second-order valence-corrected chi connectivity index (χ2v) is 18.3. The van der Waals surface area contributed by atoms with Gasteiger partial charge >= 0.3 is 0 Å². The molecule has 51 heavy (non-hydrogen) atoms. The number of nitrogens with zero attached hydrogens (tertiary/aromatic N) is 3. The molecule has 9 nitrogen and oxygen atoms in total. The first-order chi connectivity index (χ1) is 24.4. The van der Waals surface area contributed by atoms with Crippen LogP contribution in [0.15, 0.2) is 81.6 Å². The maximum Gasteiger partial charge on any atom is 0.264 e. The molecule has 0 bridgehead atoms. The Morgan fingerprint density at radius 3 is 2.33 bits per heavy atom. The summed E-state index contributed by atoms with van der Waals surface area (Å²) in [4.78, 5) is 5.62. The van der Waals surface area contributed by atoms with Gasteiger partial charge in [-0.25, -0.2) is 8.42 Å². The van der Waals surface area contributed by atoms with Crippen molar-refractivity contribution in [2.75, 3.05) is 42.6 Å². The van der Waals surface area contributed by atoms with Crippen molar-refractivity contribution in [3.8, 4) is 0 Å². The Balaban J connectivity index is 0.000000654. The van der Waals surface area contributed by atoms with E-state index in [2.05, 4.69) is 96.0 Å². The molecule has 14 heteroatoms. The topological polar surface area (TPSA) is 122 Å². The lowest BCUT2D eigenvalue weighted by Gasteiger charge is -2.20. The Hall–Kier alpha value is -2.82. The molecular weight excluding hydrogens is 743 g/mol. The molecule has 2 aromatic heterocycles. The van der Waals surface area contributed by atoms with Gasteiger partial charge in [-0.3, -0.25) is 4.55 Å². The molecule has 1 N–H and O–H groups in total. The predicted molar refractivity (Wildman–Crippen MR) is 215 cm³/mol. The third-order valence-corrected chi connectivity index (χ3v) is 13.7. The Labute approximate surface area is 313 Å². The summed E-state index contributed by atoms with van der Waals surface area (Å²) in [6, 6.07) is 18.5. The number of thiophene rings is 1. The van der Waals surface area contributed by atoms with Crippen LogP contribution in [0.4, 0.5) is 5.69 Å². The molecule has 0 saturated carbocycles. The smallest absolute Gasteiger partial charge is 0.264 e. The summed E-state index contributed by atoms with van der Waals surface area (Å²) in [6.45, 7) is 13.0. The number of rotatable bonds is 14. The van der Waals surface area contributed by atoms with Gasteiger partial charge in [-0.1, -0.05) is 75.1 Å². The summed E-state index contributed by atoms with van der Waals surface area (Å²) < 4.78 is 70.8. The quantitative estimate of drug-likeness (QED) is 0.0874. The fourth-order valence-electron chi connectivity index (χ4n) is 6.15. The largest absolute Gasteiger partial charge is 0.748 e. The zero-order chi connectivity index (χ0) is 36.8. The minimum absolute atomic E-state index is 0.210. The van der Waals surface area contributed by atoms with Gasteiger partial charge in [-0.15, -0.1) is 11.3 Å². The van der Waals surface area contributed by atoms with Gasteiger partial charge in [0.1, 0.15) is 4.70 Å². The van der Waals surface area contributed by atoms with Gasteiger partial charge in [0.15, 0.2) is 6.54 Å². The molecule has 0 radical (unpaired) electrons. The highest BCUT2D eigenvalue weighted by Crippen LogP contribution is 2.50. The van der Waals surface area contributed by atoms with Crippen LogP contribution in [-0.2, 0) is 26.8 Å². The third-order valence-electron chi connectivity index (χ3n) is 8.88. The van der Waals surface area contributed by atoms with E-state index < -0.39 is 26.0 Å². The molecule has 1 aliphatic rings. The number of anilines is 1. The molecule has 0 atom stereocenters. The average molecular weight is 788 g/mol. The van der Waals surface area contributed by atoms with Gasteiger partial charge in [-0.2, -0.15) is 13.0 Å². The number of hydrogen-bond acceptors (Lipinski definition) is 10. The standard InChI is InChI=1S/C31H30N2O6S5.C6H15N/c1-2-21(20-29-33(15-6-18-44(37,38)39)26-11-12-27-24(13-16-40-27)31(26)42-29)19-28-32(14-5-17-43(34,35)36)25-10-9-22-7-3-4-8-23(22)30(25)41-28;1-4-7(5-2)6-3/h3-4,7-13,16,19-20H,2,5-6,14-15,17-18H2,1H3,(H-,34,35,36,37,38,39);4-6H2,1-3H3. The van der Waals surface area contributed by atoms with E-state index in [1.165, 1.54) is 24.3 Å². The molecule has 1 aliphatic heterocycles. The first-order valence-corrected chi connectivity index (χ1v) is 22.9. The lowest BCUT2D eigenvalue weighted by atomic mass is 10.1. The van der Waals surface area contributed by atoms with E-state index in [9.17, 15) is 25.9 Å². The van der Waals surface area contributed by atoms with Crippen molar-refractivity contribution in [3.05, 3.63) is 81.7 Å². The molecule has 3 heterocycles. The molecule has 0 aliphatic carbocycles. The molecule has 0 fully saturated rings. The van der Waals surface area contributed by atoms with E-state index >= 15 is 0 Å². The van der Waals surface area contributed by atoms with Crippen LogP contribution in [0.3, 0.4) is 0 Å². The molecule has 0 unspecified atom stereocenters. The van der Waals surface area contributed by atoms with E-state index in [0.717, 1.165) is 59.0 Å². The van der Waals surface area contributed by atoms with Crippen LogP contribution in [0.1, 0.15) is 52.0 Å². The van der Waals surface area contributed by atoms with Crippen LogP contribution in [0.2, 0.25) is 0 Å². The van der Waals surface area contributed by atoms with Crippen LogP contribution in [-0.4, -0.2) is 68.5 Å². The summed E-state index contributed by atoms with van der Waals surface area (Å²) in [5, 5.41) is 7.37. The second kappa shape index (κ2) is 17.3. The SMILES string of the molecule is CCC(=C\c1sc2c3ccccc3ccc2[n+]1CCCS(=O)(=O)[O-])/C=C1/Sc2c(ccc3sccc23)N1CCCS(=O)(=O)O.CCN(CC)CC. The summed E-state index contributed by atoms with van der Waals surface area (Å²) in [6.07, 6.45) is 5.46. The van der Waals surface area contributed by atoms with Crippen molar-refractivity contribution >= 4 is 97.5 Å². The van der Waals surface area contributed by atoms with Crippen molar-refractivity contribution in [2.45, 2.75) is 58.4 Å². The van der Waals surface area contributed by atoms with Crippen molar-refractivity contribution in [2.24, 2.45) is 0 Å². The number of hydrogen-bond donors (Lipinski definition) is 1. The van der Waals surface area contributed by atoms with Gasteiger partial charge in [0.25, 0.3) is 15.1 Å². The van der Waals surface area contributed by atoms with Gasteiger partial charge < -0.3 is 14.4 Å². The highest BCUT2D eigenvalue weighted by molar-refractivity contribution is 8.04. The number of thioether (sulfide) groups is 1. The number of aromatic nitrogens is 1. The van der Waals surface area contributed by atoms with Crippen LogP contribution >= 0.6 is 34.4 Å². The maximum absolute atomic E-state index is 11.5. The molecular formula is C37H45N3O6S5. The van der Waals surface area contributed by atoms with Crippen molar-refractivity contribution in [3.63, 3.8) is 0 Å². The van der Waals surface area contributed by atoms with Crippen LogP contribution in [0.25, 0.3) is 37.2 Å². The Morgan fingerprint density at radius 1 is 0.922 bits per heavy atom. The molecule has 6 rings (SSSR count). The Morgan fingerprint density at radius 2 is 1.67 bits per heavy atom. The predicted octanol–water partition coefficient (Wildman–Crippen LogP) is 8.37. The summed E-state index contributed by atoms with van der Waals surface area (Å²) in [5.74, 6) is -0.744. The summed E-state index contributed by atoms with van der Waals surface area (Å²) in [7, 11) is -8.40. The molecule has 3 aromatic carbocycles. The lowest BCUT2D eigenvalue weighted by molar-refractivity contribution is -0.668. The van der Waals surface area contributed by atoms with Crippen molar-refractivity contribution < 1.29 is 30.5 Å². The zero-order valence-electron chi connectivity index (χ0n) is 29.4. The van der Waals surface area contributed by atoms with Crippen LogP contribution in [0.5, 0.6) is 0 Å². The minimum atomic E-state index is -4.33. The highest BCUT2D eigenvalue weighted by Gasteiger charge is 2.28. The van der Waals surface area contributed by atoms with E-state index in [-0.39, 0.29) is 18.6 Å². The number of aryl methyl sites for hydroxylation is 1. The third kappa shape index (κ3) is 9.99. The maximum atomic E-state index is 11.5. The van der Waals surface area contributed by atoms with Gasteiger partial charge in [0, 0.05) is 51.2 Å². The van der Waals surface area contributed by atoms with E-state index in [0.29, 0.717) is 13.1 Å². The van der Waals surface area contributed by atoms with Crippen molar-refractivity contribution in [1.29, 1.82) is 0 Å². The summed E-state index contributed by atoms with van der Waals surface area (Å²) >= 11 is 4.97. The fraction of sp³-hybridized carbons (Fsp3) is 0.378. The molecule has 0 amide bonds. The molecule has 0 spiro atoms. The van der Waals surface area contributed by atoms with Crippen LogP contribution in [0, 0.1) is 0 Å². The molecule has 5 aromatic rings. The Kier molecular flexibility index (Phi) is 13.4. The zero-order valence-corrected chi connectivity index (χ0v) is 33.5. The van der Waals surface area contributed by atoms with Crippen LogP contribution < -0.4 is 9.47 Å². The number of thiazole rings is 1. The van der Waals surface area contributed by atoms with Gasteiger partial charge in [0.2, 0.25) is 5.52 Å². The number of allylic oxidation sites excluding steroid dienone is 2. The minimum Gasteiger partial charge on any atom is -0.748 e. The van der Waals surface area contributed by atoms with Crippen molar-refractivity contribution in [1.82, 2.24) is 4.90 Å². The number of fused-ring (bicyclic) bond motifs is 6. The van der Waals surface area contributed by atoms with E-state index in [1.54, 1.807) is 34.4 Å². The van der Waals surface area contributed by atoms with E-state index in [1.807, 2.05) is 18.2 Å². The molecule has 0 saturated heterocycles. The fourth-order valence-corrected chi connectivity index (χ4v) is 10.6. The normalized spacial score (nSPS) is 14.6. The molecule has 274 valence electrons. The van der Waals surface area contributed by atoms with E-state index in [4.69, 9.17) is 0 Å². The first-order valence-electron chi connectivity index (χ1n) is 17.2.